The summed E-state index contributed by atoms with van der Waals surface area (Å²) in [4.78, 5) is 8.72. The lowest BCUT2D eigenvalue weighted by atomic mass is 10.1. The molecule has 3 aromatic rings. The Morgan fingerprint density at radius 1 is 1.11 bits per heavy atom. The highest BCUT2D eigenvalue weighted by atomic mass is 127. The summed E-state index contributed by atoms with van der Waals surface area (Å²) >= 11 is 0. The molecule has 0 saturated carbocycles. The van der Waals surface area contributed by atoms with Gasteiger partial charge in [-0.1, -0.05) is 30.3 Å². The molecule has 148 valence electrons. The molecule has 5 nitrogen and oxygen atoms in total. The number of nitrogens with one attached hydrogen (secondary N) is 2. The van der Waals surface area contributed by atoms with Gasteiger partial charge in [0.05, 0.1) is 12.6 Å². The Hall–Kier alpha value is -2.35. The first kappa shape index (κ1) is 21.9. The summed E-state index contributed by atoms with van der Waals surface area (Å²) in [6.45, 7) is 3.54. The van der Waals surface area contributed by atoms with Crippen LogP contribution >= 0.6 is 24.0 Å². The number of halogens is 1. The summed E-state index contributed by atoms with van der Waals surface area (Å²) in [6, 6.07) is 16.5. The summed E-state index contributed by atoms with van der Waals surface area (Å²) < 4.78 is 5.40. The van der Waals surface area contributed by atoms with Crippen molar-refractivity contribution in [3.05, 3.63) is 71.4 Å². The smallest absolute Gasteiger partial charge is 0.191 e. The number of ether oxygens (including phenoxy) is 1. The number of aliphatic imine (C=N–C) groups is 1. The molecule has 1 aromatic heterocycles. The molecule has 0 spiro atoms. The predicted molar refractivity (Wildman–Crippen MR) is 127 cm³/mol. The van der Waals surface area contributed by atoms with Gasteiger partial charge in [-0.15, -0.1) is 24.0 Å². The van der Waals surface area contributed by atoms with E-state index in [4.69, 9.17) is 4.74 Å². The first-order valence-electron chi connectivity index (χ1n) is 9.12. The molecule has 0 aliphatic heterocycles. The summed E-state index contributed by atoms with van der Waals surface area (Å²) in [7, 11) is 3.49. The number of benzene rings is 2. The summed E-state index contributed by atoms with van der Waals surface area (Å²) in [5.74, 6) is 1.72. The number of pyridine rings is 1. The molecular formula is C22H27IN4O. The van der Waals surface area contributed by atoms with Crippen molar-refractivity contribution in [3.63, 3.8) is 0 Å². The monoisotopic (exact) mass is 490 g/mol. The zero-order chi connectivity index (χ0) is 19.1. The van der Waals surface area contributed by atoms with E-state index >= 15 is 0 Å². The lowest BCUT2D eigenvalue weighted by molar-refractivity contribution is 0.411. The number of nitrogens with zero attached hydrogens (tertiary/aromatic N) is 2. The average Bonchev–Trinajstić information content (AvgIpc) is 2.71. The van der Waals surface area contributed by atoms with Gasteiger partial charge >= 0.3 is 0 Å². The van der Waals surface area contributed by atoms with Gasteiger partial charge in [0, 0.05) is 31.7 Å². The molecule has 0 saturated heterocycles. The molecular weight excluding hydrogens is 463 g/mol. The molecule has 0 aliphatic carbocycles. The summed E-state index contributed by atoms with van der Waals surface area (Å²) in [5, 5.41) is 7.91. The van der Waals surface area contributed by atoms with Crippen LogP contribution in [0.1, 0.15) is 16.7 Å². The lowest BCUT2D eigenvalue weighted by Crippen LogP contribution is -2.37. The molecule has 0 unspecified atom stereocenters. The van der Waals surface area contributed by atoms with Crippen molar-refractivity contribution in [1.29, 1.82) is 0 Å². The van der Waals surface area contributed by atoms with Crippen LogP contribution in [0.5, 0.6) is 5.75 Å². The van der Waals surface area contributed by atoms with Crippen LogP contribution in [0.2, 0.25) is 0 Å². The Labute approximate surface area is 183 Å². The fourth-order valence-electron chi connectivity index (χ4n) is 3.05. The van der Waals surface area contributed by atoms with E-state index in [0.717, 1.165) is 41.1 Å². The van der Waals surface area contributed by atoms with Crippen molar-refractivity contribution in [3.8, 4) is 5.75 Å². The van der Waals surface area contributed by atoms with Crippen molar-refractivity contribution in [2.45, 2.75) is 19.9 Å². The Bertz CT molecular complexity index is 937. The first-order chi connectivity index (χ1) is 13.2. The fraction of sp³-hybridized carbons (Fsp3) is 0.273. The SMILES string of the molecule is CN=C(NCCc1ccc(C)c(OC)c1)NCc1ccnc2ccccc12.I. The minimum absolute atomic E-state index is 0. The Balaban J connectivity index is 0.00000280. The van der Waals surface area contributed by atoms with Gasteiger partial charge in [-0.05, 0) is 48.2 Å². The largest absolute Gasteiger partial charge is 0.496 e. The predicted octanol–water partition coefficient (Wildman–Crippen LogP) is 4.08. The zero-order valence-electron chi connectivity index (χ0n) is 16.5. The third kappa shape index (κ3) is 5.58. The second-order valence-electron chi connectivity index (χ2n) is 6.39. The number of aromatic nitrogens is 1. The number of methoxy groups -OCH3 is 1. The fourth-order valence-corrected chi connectivity index (χ4v) is 3.05. The van der Waals surface area contributed by atoms with Gasteiger partial charge in [0.25, 0.3) is 0 Å². The molecule has 1 heterocycles. The van der Waals surface area contributed by atoms with E-state index in [1.165, 1.54) is 11.1 Å². The van der Waals surface area contributed by atoms with Crippen LogP contribution in [-0.4, -0.2) is 31.6 Å². The first-order valence-corrected chi connectivity index (χ1v) is 9.12. The summed E-state index contributed by atoms with van der Waals surface area (Å²) in [5.41, 5.74) is 4.59. The molecule has 0 fully saturated rings. The third-order valence-electron chi connectivity index (χ3n) is 4.59. The highest BCUT2D eigenvalue weighted by molar-refractivity contribution is 14.0. The normalized spacial score (nSPS) is 11.0. The lowest BCUT2D eigenvalue weighted by Gasteiger charge is -2.13. The van der Waals surface area contributed by atoms with E-state index in [-0.39, 0.29) is 24.0 Å². The molecule has 28 heavy (non-hydrogen) atoms. The van der Waals surface area contributed by atoms with Crippen molar-refractivity contribution in [1.82, 2.24) is 15.6 Å². The molecule has 0 bridgehead atoms. The van der Waals surface area contributed by atoms with E-state index < -0.39 is 0 Å². The standard InChI is InChI=1S/C22H26N4O.HI/c1-16-8-9-17(14-21(16)27-3)10-12-25-22(23-2)26-15-18-11-13-24-20-7-5-4-6-19(18)20;/h4-9,11,13-14H,10,12,15H2,1-3H3,(H2,23,25,26);1H. The van der Waals surface area contributed by atoms with Gasteiger partial charge in [0.1, 0.15) is 5.75 Å². The highest BCUT2D eigenvalue weighted by Gasteiger charge is 2.04. The van der Waals surface area contributed by atoms with Gasteiger partial charge in [-0.2, -0.15) is 0 Å². The second kappa shape index (κ2) is 10.8. The van der Waals surface area contributed by atoms with Crippen molar-refractivity contribution < 1.29 is 4.74 Å². The summed E-state index contributed by atoms with van der Waals surface area (Å²) in [6.07, 6.45) is 2.75. The minimum Gasteiger partial charge on any atom is -0.496 e. The van der Waals surface area contributed by atoms with Crippen molar-refractivity contribution in [2.75, 3.05) is 20.7 Å². The van der Waals surface area contributed by atoms with Gasteiger partial charge in [-0.25, -0.2) is 0 Å². The molecule has 2 aromatic carbocycles. The Morgan fingerprint density at radius 3 is 2.71 bits per heavy atom. The topological polar surface area (TPSA) is 58.5 Å². The second-order valence-corrected chi connectivity index (χ2v) is 6.39. The van der Waals surface area contributed by atoms with Crippen LogP contribution in [0, 0.1) is 6.92 Å². The number of hydrogen-bond acceptors (Lipinski definition) is 3. The van der Waals surface area contributed by atoms with E-state index in [0.29, 0.717) is 6.54 Å². The van der Waals surface area contributed by atoms with E-state index in [1.807, 2.05) is 30.5 Å². The Morgan fingerprint density at radius 2 is 1.93 bits per heavy atom. The van der Waals surface area contributed by atoms with Gasteiger partial charge < -0.3 is 15.4 Å². The maximum absolute atomic E-state index is 5.40. The third-order valence-corrected chi connectivity index (χ3v) is 4.59. The highest BCUT2D eigenvalue weighted by Crippen LogP contribution is 2.19. The van der Waals surface area contributed by atoms with E-state index in [1.54, 1.807) is 14.2 Å². The number of aryl methyl sites for hydroxylation is 1. The number of hydrogen-bond donors (Lipinski definition) is 2. The molecule has 0 amide bonds. The van der Waals surface area contributed by atoms with Crippen LogP contribution < -0.4 is 15.4 Å². The number of guanidine groups is 1. The quantitative estimate of drug-likeness (QED) is 0.311. The number of para-hydroxylation sites is 1. The Kier molecular flexibility index (Phi) is 8.50. The van der Waals surface area contributed by atoms with Crippen LogP contribution in [0.25, 0.3) is 10.9 Å². The maximum Gasteiger partial charge on any atom is 0.191 e. The van der Waals surface area contributed by atoms with Crippen molar-refractivity contribution >= 4 is 40.8 Å². The molecule has 6 heteroatoms. The zero-order valence-corrected chi connectivity index (χ0v) is 18.9. The van der Waals surface area contributed by atoms with Gasteiger partial charge in [0.2, 0.25) is 0 Å². The van der Waals surface area contributed by atoms with Gasteiger partial charge in [-0.3, -0.25) is 9.98 Å². The molecule has 3 rings (SSSR count). The van der Waals surface area contributed by atoms with Crippen LogP contribution in [0.4, 0.5) is 0 Å². The number of rotatable bonds is 6. The van der Waals surface area contributed by atoms with Crippen LogP contribution in [0.15, 0.2) is 59.7 Å². The van der Waals surface area contributed by atoms with E-state index in [2.05, 4.69) is 51.8 Å². The minimum atomic E-state index is 0. The maximum atomic E-state index is 5.40. The molecule has 0 radical (unpaired) electrons. The molecule has 2 N–H and O–H groups in total. The van der Waals surface area contributed by atoms with Crippen LogP contribution in [-0.2, 0) is 13.0 Å². The number of fused-ring (bicyclic) bond motifs is 1. The van der Waals surface area contributed by atoms with Gasteiger partial charge in [0.15, 0.2) is 5.96 Å². The van der Waals surface area contributed by atoms with E-state index in [9.17, 15) is 0 Å². The molecule has 0 aliphatic rings. The molecule has 0 atom stereocenters. The average molecular weight is 490 g/mol. The van der Waals surface area contributed by atoms with Crippen molar-refractivity contribution in [2.24, 2.45) is 4.99 Å². The van der Waals surface area contributed by atoms with Crippen LogP contribution in [0.3, 0.4) is 0 Å².